The van der Waals surface area contributed by atoms with Crippen LogP contribution in [0.3, 0.4) is 0 Å². The number of benzene rings is 1. The van der Waals surface area contributed by atoms with Crippen molar-refractivity contribution >= 4 is 11.8 Å². The standard InChI is InChI=1S/C17H13N3O2S/c1-2-10-23-17-19-18-16(22-17)14-8-9-15(21)20(12-14)11-13-6-4-3-5-7-13/h1,3-9,12H,10-11H2. The minimum Gasteiger partial charge on any atom is -0.411 e. The second-order valence-corrected chi connectivity index (χ2v) is 5.66. The summed E-state index contributed by atoms with van der Waals surface area (Å²) >= 11 is 1.30. The molecular weight excluding hydrogens is 310 g/mol. The first-order chi connectivity index (χ1) is 11.3. The zero-order chi connectivity index (χ0) is 16.1. The van der Waals surface area contributed by atoms with E-state index >= 15 is 0 Å². The van der Waals surface area contributed by atoms with Gasteiger partial charge in [0.15, 0.2) is 0 Å². The Morgan fingerprint density at radius 1 is 1.17 bits per heavy atom. The SMILES string of the molecule is C#CCSc1nnc(-c2ccc(=O)n(Cc3ccccc3)c2)o1. The molecule has 1 aromatic carbocycles. The van der Waals surface area contributed by atoms with Gasteiger partial charge in [0.05, 0.1) is 17.9 Å². The maximum Gasteiger partial charge on any atom is 0.277 e. The Bertz CT molecular complexity index is 894. The van der Waals surface area contributed by atoms with Gasteiger partial charge in [-0.2, -0.15) is 0 Å². The third-order valence-electron chi connectivity index (χ3n) is 3.11. The van der Waals surface area contributed by atoms with Crippen LogP contribution >= 0.6 is 11.8 Å². The molecule has 0 N–H and O–H groups in total. The molecule has 2 heterocycles. The zero-order valence-corrected chi connectivity index (χ0v) is 13.0. The fourth-order valence-electron chi connectivity index (χ4n) is 2.05. The summed E-state index contributed by atoms with van der Waals surface area (Å²) in [5, 5.41) is 8.34. The molecule has 0 aliphatic rings. The highest BCUT2D eigenvalue weighted by atomic mass is 32.2. The van der Waals surface area contributed by atoms with Crippen molar-refractivity contribution in [3.63, 3.8) is 0 Å². The number of pyridine rings is 1. The summed E-state index contributed by atoms with van der Waals surface area (Å²) in [6, 6.07) is 12.9. The quantitative estimate of drug-likeness (QED) is 0.534. The van der Waals surface area contributed by atoms with E-state index in [1.54, 1.807) is 16.8 Å². The molecule has 0 fully saturated rings. The molecule has 0 spiro atoms. The van der Waals surface area contributed by atoms with Crippen LogP contribution in [0.5, 0.6) is 0 Å². The molecule has 3 rings (SSSR count). The van der Waals surface area contributed by atoms with Gasteiger partial charge in [-0.25, -0.2) is 0 Å². The molecule has 0 amide bonds. The summed E-state index contributed by atoms with van der Waals surface area (Å²) in [6.45, 7) is 0.486. The van der Waals surface area contributed by atoms with Gasteiger partial charge in [-0.05, 0) is 11.6 Å². The monoisotopic (exact) mass is 323 g/mol. The highest BCUT2D eigenvalue weighted by Crippen LogP contribution is 2.22. The molecule has 3 aromatic rings. The maximum atomic E-state index is 12.0. The molecule has 0 saturated carbocycles. The van der Waals surface area contributed by atoms with Gasteiger partial charge < -0.3 is 8.98 Å². The van der Waals surface area contributed by atoms with Crippen LogP contribution in [0.15, 0.2) is 63.1 Å². The number of aromatic nitrogens is 3. The molecule has 0 unspecified atom stereocenters. The Labute approximate surface area is 137 Å². The van der Waals surface area contributed by atoms with Crippen molar-refractivity contribution in [2.45, 2.75) is 11.8 Å². The van der Waals surface area contributed by atoms with E-state index in [1.165, 1.54) is 17.8 Å². The van der Waals surface area contributed by atoms with E-state index < -0.39 is 0 Å². The summed E-state index contributed by atoms with van der Waals surface area (Å²) in [7, 11) is 0. The molecule has 0 saturated heterocycles. The molecule has 0 bridgehead atoms. The van der Waals surface area contributed by atoms with E-state index in [4.69, 9.17) is 10.8 Å². The van der Waals surface area contributed by atoms with Crippen LogP contribution in [-0.4, -0.2) is 20.5 Å². The van der Waals surface area contributed by atoms with E-state index in [2.05, 4.69) is 16.1 Å². The number of rotatable bonds is 5. The van der Waals surface area contributed by atoms with Gasteiger partial charge in [0.25, 0.3) is 10.8 Å². The van der Waals surface area contributed by atoms with Crippen LogP contribution in [0.2, 0.25) is 0 Å². The summed E-state index contributed by atoms with van der Waals surface area (Å²) in [5.41, 5.74) is 1.65. The predicted octanol–water partition coefficient (Wildman–Crippen LogP) is 2.67. The predicted molar refractivity (Wildman–Crippen MR) is 89.1 cm³/mol. The van der Waals surface area contributed by atoms with E-state index in [1.807, 2.05) is 30.3 Å². The lowest BCUT2D eigenvalue weighted by molar-refractivity contribution is 0.465. The first-order valence-corrected chi connectivity index (χ1v) is 7.89. The maximum absolute atomic E-state index is 12.0. The van der Waals surface area contributed by atoms with Crippen LogP contribution < -0.4 is 5.56 Å². The minimum absolute atomic E-state index is 0.0842. The smallest absolute Gasteiger partial charge is 0.277 e. The van der Waals surface area contributed by atoms with Crippen LogP contribution in [0.1, 0.15) is 5.56 Å². The summed E-state index contributed by atoms with van der Waals surface area (Å²) in [5.74, 6) is 3.33. The van der Waals surface area contributed by atoms with E-state index in [-0.39, 0.29) is 5.56 Å². The molecule has 23 heavy (non-hydrogen) atoms. The Morgan fingerprint density at radius 3 is 2.78 bits per heavy atom. The van der Waals surface area contributed by atoms with Gasteiger partial charge in [-0.3, -0.25) is 4.79 Å². The average Bonchev–Trinajstić information content (AvgIpc) is 3.05. The highest BCUT2D eigenvalue weighted by Gasteiger charge is 2.10. The summed E-state index contributed by atoms with van der Waals surface area (Å²) < 4.78 is 7.16. The van der Waals surface area contributed by atoms with Crippen LogP contribution in [0, 0.1) is 12.3 Å². The Kier molecular flexibility index (Phi) is 4.60. The Morgan fingerprint density at radius 2 is 2.00 bits per heavy atom. The number of hydrogen-bond donors (Lipinski definition) is 0. The Hall–Kier alpha value is -2.78. The second kappa shape index (κ2) is 6.99. The van der Waals surface area contributed by atoms with E-state index in [0.717, 1.165) is 5.56 Å². The molecule has 114 valence electrons. The van der Waals surface area contributed by atoms with Crippen LogP contribution in [0.25, 0.3) is 11.5 Å². The number of hydrogen-bond acceptors (Lipinski definition) is 5. The van der Waals surface area contributed by atoms with Crippen molar-refractivity contribution in [3.05, 3.63) is 64.6 Å². The molecular formula is C17H13N3O2S. The fourth-order valence-corrected chi connectivity index (χ4v) is 2.49. The molecule has 5 nitrogen and oxygen atoms in total. The first-order valence-electron chi connectivity index (χ1n) is 6.91. The van der Waals surface area contributed by atoms with Crippen molar-refractivity contribution in [2.24, 2.45) is 0 Å². The van der Waals surface area contributed by atoms with E-state index in [9.17, 15) is 4.79 Å². The number of terminal acetylenes is 1. The Balaban J connectivity index is 1.87. The van der Waals surface area contributed by atoms with Gasteiger partial charge in [-0.15, -0.1) is 16.6 Å². The molecule has 6 heteroatoms. The van der Waals surface area contributed by atoms with Crippen molar-refractivity contribution in [2.75, 3.05) is 5.75 Å². The topological polar surface area (TPSA) is 60.9 Å². The van der Waals surface area contributed by atoms with Crippen LogP contribution in [-0.2, 0) is 6.54 Å². The highest BCUT2D eigenvalue weighted by molar-refractivity contribution is 7.99. The molecule has 0 aliphatic heterocycles. The minimum atomic E-state index is -0.0842. The van der Waals surface area contributed by atoms with Crippen molar-refractivity contribution in [1.29, 1.82) is 0 Å². The van der Waals surface area contributed by atoms with Gasteiger partial charge in [0, 0.05) is 12.3 Å². The van der Waals surface area contributed by atoms with Gasteiger partial charge in [0.1, 0.15) is 0 Å². The number of nitrogens with zero attached hydrogens (tertiary/aromatic N) is 3. The molecule has 2 aromatic heterocycles. The summed E-state index contributed by atoms with van der Waals surface area (Å²) in [4.78, 5) is 12.0. The normalized spacial score (nSPS) is 10.4. The van der Waals surface area contributed by atoms with Crippen LogP contribution in [0.4, 0.5) is 0 Å². The van der Waals surface area contributed by atoms with Crippen molar-refractivity contribution in [1.82, 2.24) is 14.8 Å². The van der Waals surface area contributed by atoms with Gasteiger partial charge >= 0.3 is 0 Å². The fraction of sp³-hybridized carbons (Fsp3) is 0.118. The molecule has 0 aliphatic carbocycles. The lowest BCUT2D eigenvalue weighted by Gasteiger charge is -2.06. The van der Waals surface area contributed by atoms with Gasteiger partial charge in [-0.1, -0.05) is 48.0 Å². The number of thioether (sulfide) groups is 1. The second-order valence-electron chi connectivity index (χ2n) is 4.74. The third kappa shape index (κ3) is 3.71. The largest absolute Gasteiger partial charge is 0.411 e. The van der Waals surface area contributed by atoms with Crippen molar-refractivity contribution in [3.8, 4) is 23.8 Å². The third-order valence-corrected chi connectivity index (χ3v) is 3.83. The van der Waals surface area contributed by atoms with E-state index in [0.29, 0.717) is 29.0 Å². The molecule has 0 radical (unpaired) electrons. The lowest BCUT2D eigenvalue weighted by atomic mass is 10.2. The van der Waals surface area contributed by atoms with Gasteiger partial charge in [0.2, 0.25) is 5.89 Å². The zero-order valence-electron chi connectivity index (χ0n) is 12.2. The lowest BCUT2D eigenvalue weighted by Crippen LogP contribution is -2.19. The van der Waals surface area contributed by atoms with Crippen molar-refractivity contribution < 1.29 is 4.42 Å². The summed E-state index contributed by atoms with van der Waals surface area (Å²) in [6.07, 6.45) is 6.93. The molecule has 0 atom stereocenters. The average molecular weight is 323 g/mol. The first kappa shape index (κ1) is 15.1.